The van der Waals surface area contributed by atoms with E-state index in [0.29, 0.717) is 5.56 Å². The molecule has 0 saturated carbocycles. The summed E-state index contributed by atoms with van der Waals surface area (Å²) in [5.74, 6) is 4.90. The van der Waals surface area contributed by atoms with E-state index in [1.807, 2.05) is 60.7 Å². The molecule has 0 unspecified atom stereocenters. The van der Waals surface area contributed by atoms with Crippen molar-refractivity contribution in [2.24, 2.45) is 0 Å². The fourth-order valence-electron chi connectivity index (χ4n) is 2.36. The van der Waals surface area contributed by atoms with Crippen LogP contribution in [0.2, 0.25) is 0 Å². The van der Waals surface area contributed by atoms with Crippen molar-refractivity contribution in [1.29, 1.82) is 0 Å². The molecule has 0 aliphatic rings. The second kappa shape index (κ2) is 7.90. The van der Waals surface area contributed by atoms with E-state index < -0.39 is 11.6 Å². The number of allylic oxidation sites excluding steroid dienone is 1. The zero-order valence-electron chi connectivity index (χ0n) is 13.4. The summed E-state index contributed by atoms with van der Waals surface area (Å²) >= 11 is 0. The van der Waals surface area contributed by atoms with Gasteiger partial charge in [0.1, 0.15) is 5.82 Å². The van der Waals surface area contributed by atoms with E-state index in [-0.39, 0.29) is 5.56 Å². The zero-order chi connectivity index (χ0) is 17.5. The van der Waals surface area contributed by atoms with Crippen LogP contribution in [0.15, 0.2) is 84.9 Å². The molecule has 120 valence electrons. The highest BCUT2D eigenvalue weighted by molar-refractivity contribution is 6.08. The minimum atomic E-state index is -0.567. The molecule has 1 nitrogen and oxygen atoms in total. The highest BCUT2D eigenvalue weighted by Gasteiger charge is 2.13. The average Bonchev–Trinajstić information content (AvgIpc) is 2.66. The van der Waals surface area contributed by atoms with Crippen LogP contribution in [0.4, 0.5) is 4.39 Å². The van der Waals surface area contributed by atoms with Crippen molar-refractivity contribution >= 4 is 11.9 Å². The van der Waals surface area contributed by atoms with Gasteiger partial charge in [0.25, 0.3) is 0 Å². The topological polar surface area (TPSA) is 17.1 Å². The lowest BCUT2D eigenvalue weighted by atomic mass is 10.0. The second-order valence-electron chi connectivity index (χ2n) is 5.39. The molecule has 3 rings (SSSR count). The first-order chi connectivity index (χ1) is 12.2. The Bertz CT molecular complexity index is 961. The summed E-state index contributed by atoms with van der Waals surface area (Å²) in [5.41, 5.74) is 2.07. The van der Waals surface area contributed by atoms with Crippen molar-refractivity contribution < 1.29 is 9.18 Å². The van der Waals surface area contributed by atoms with E-state index in [9.17, 15) is 9.18 Å². The van der Waals surface area contributed by atoms with E-state index >= 15 is 0 Å². The number of hydrogen-bond donors (Lipinski definition) is 0. The number of halogens is 1. The van der Waals surface area contributed by atoms with Gasteiger partial charge in [0, 0.05) is 11.1 Å². The Labute approximate surface area is 146 Å². The van der Waals surface area contributed by atoms with Crippen molar-refractivity contribution in [3.05, 3.63) is 113 Å². The number of rotatable bonds is 3. The number of benzene rings is 3. The molecule has 2 heteroatoms. The molecule has 0 aliphatic heterocycles. The molecular formula is C23H15FO. The summed E-state index contributed by atoms with van der Waals surface area (Å²) in [6, 6.07) is 23.3. The first-order valence-electron chi connectivity index (χ1n) is 7.87. The summed E-state index contributed by atoms with van der Waals surface area (Å²) < 4.78 is 14.2. The van der Waals surface area contributed by atoms with E-state index in [1.54, 1.807) is 18.2 Å². The third kappa shape index (κ3) is 4.31. The lowest BCUT2D eigenvalue weighted by Gasteiger charge is -2.02. The van der Waals surface area contributed by atoms with Crippen molar-refractivity contribution in [1.82, 2.24) is 0 Å². The molecule has 25 heavy (non-hydrogen) atoms. The molecule has 0 bridgehead atoms. The quantitative estimate of drug-likeness (QED) is 0.371. The summed E-state index contributed by atoms with van der Waals surface area (Å²) in [6.45, 7) is 0. The number of carbonyl (C=O) groups is 1. The molecule has 0 amide bonds. The van der Waals surface area contributed by atoms with Crippen LogP contribution in [-0.4, -0.2) is 5.78 Å². The van der Waals surface area contributed by atoms with Crippen LogP contribution in [0.3, 0.4) is 0 Å². The van der Waals surface area contributed by atoms with Gasteiger partial charge in [0.05, 0.1) is 5.56 Å². The maximum absolute atomic E-state index is 14.2. The predicted molar refractivity (Wildman–Crippen MR) is 98.6 cm³/mol. The molecule has 0 spiro atoms. The van der Waals surface area contributed by atoms with Crippen LogP contribution in [0.25, 0.3) is 6.08 Å². The van der Waals surface area contributed by atoms with Crippen LogP contribution in [0.5, 0.6) is 0 Å². The Kier molecular flexibility index (Phi) is 5.19. The smallest absolute Gasteiger partial charge is 0.190 e. The minimum Gasteiger partial charge on any atom is -0.289 e. The molecular weight excluding hydrogens is 311 g/mol. The van der Waals surface area contributed by atoms with E-state index in [2.05, 4.69) is 11.8 Å². The van der Waals surface area contributed by atoms with Gasteiger partial charge in [-0.1, -0.05) is 72.5 Å². The average molecular weight is 326 g/mol. The number of carbonyl (C=O) groups excluding carboxylic acids is 1. The van der Waals surface area contributed by atoms with Crippen LogP contribution in [0, 0.1) is 17.7 Å². The van der Waals surface area contributed by atoms with Gasteiger partial charge in [-0.2, -0.15) is 0 Å². The molecule has 0 aromatic heterocycles. The molecule has 0 heterocycles. The maximum Gasteiger partial charge on any atom is 0.190 e. The molecule has 0 saturated heterocycles. The van der Waals surface area contributed by atoms with Crippen LogP contribution in [-0.2, 0) is 0 Å². The van der Waals surface area contributed by atoms with Gasteiger partial charge in [0.15, 0.2) is 5.78 Å². The lowest BCUT2D eigenvalue weighted by Crippen LogP contribution is -2.02. The van der Waals surface area contributed by atoms with Crippen LogP contribution in [0.1, 0.15) is 27.0 Å². The highest BCUT2D eigenvalue weighted by Crippen LogP contribution is 2.15. The first kappa shape index (κ1) is 16.4. The monoisotopic (exact) mass is 326 g/mol. The van der Waals surface area contributed by atoms with E-state index in [4.69, 9.17) is 0 Å². The van der Waals surface area contributed by atoms with Gasteiger partial charge in [-0.3, -0.25) is 4.79 Å². The summed E-state index contributed by atoms with van der Waals surface area (Å²) in [6.07, 6.45) is 3.05. The van der Waals surface area contributed by atoms with E-state index in [1.165, 1.54) is 12.1 Å². The Hall–Kier alpha value is -3.44. The molecule has 0 fully saturated rings. The summed E-state index contributed by atoms with van der Waals surface area (Å²) in [7, 11) is 0. The number of ketones is 1. The minimum absolute atomic E-state index is 0.00175. The van der Waals surface area contributed by atoms with Gasteiger partial charge < -0.3 is 0 Å². The molecule has 0 radical (unpaired) electrons. The van der Waals surface area contributed by atoms with Crippen LogP contribution < -0.4 is 0 Å². The summed E-state index contributed by atoms with van der Waals surface area (Å²) in [4.78, 5) is 12.5. The van der Waals surface area contributed by atoms with Crippen molar-refractivity contribution in [3.8, 4) is 11.8 Å². The van der Waals surface area contributed by atoms with Crippen molar-refractivity contribution in [2.75, 3.05) is 0 Å². The molecule has 3 aromatic rings. The number of hydrogen-bond acceptors (Lipinski definition) is 1. The largest absolute Gasteiger partial charge is 0.289 e. The fourth-order valence-corrected chi connectivity index (χ4v) is 2.36. The van der Waals surface area contributed by atoms with Gasteiger partial charge in [0.2, 0.25) is 0 Å². The maximum atomic E-state index is 14.2. The normalized spacial score (nSPS) is 10.3. The van der Waals surface area contributed by atoms with Gasteiger partial charge in [-0.25, -0.2) is 4.39 Å². The molecule has 0 N–H and O–H groups in total. The third-order valence-electron chi connectivity index (χ3n) is 3.60. The first-order valence-corrected chi connectivity index (χ1v) is 7.87. The van der Waals surface area contributed by atoms with Crippen molar-refractivity contribution in [3.63, 3.8) is 0 Å². The summed E-state index contributed by atoms with van der Waals surface area (Å²) in [5, 5.41) is 0. The molecule has 0 aliphatic carbocycles. The van der Waals surface area contributed by atoms with Crippen molar-refractivity contribution in [2.45, 2.75) is 0 Å². The zero-order valence-corrected chi connectivity index (χ0v) is 13.4. The standard InChI is InChI=1S/C23H15FO/c24-21-13-7-12-20(16-14-18-8-3-1-4-9-18)23(21)22(25)17-15-19-10-5-2-6-11-19/h1-13,15,17H/b17-15+. The Balaban J connectivity index is 1.92. The van der Waals surface area contributed by atoms with Gasteiger partial charge >= 0.3 is 0 Å². The van der Waals surface area contributed by atoms with Gasteiger partial charge in [-0.05, 0) is 35.9 Å². The van der Waals surface area contributed by atoms with Gasteiger partial charge in [-0.15, -0.1) is 0 Å². The Morgan fingerprint density at radius 1 is 0.800 bits per heavy atom. The third-order valence-corrected chi connectivity index (χ3v) is 3.60. The molecule has 0 atom stereocenters. The van der Waals surface area contributed by atoms with Crippen LogP contribution >= 0.6 is 0 Å². The Morgan fingerprint density at radius 3 is 2.20 bits per heavy atom. The second-order valence-corrected chi connectivity index (χ2v) is 5.39. The lowest BCUT2D eigenvalue weighted by molar-refractivity contribution is 0.104. The highest BCUT2D eigenvalue weighted by atomic mass is 19.1. The predicted octanol–water partition coefficient (Wildman–Crippen LogP) is 5.12. The molecule has 3 aromatic carbocycles. The SMILES string of the molecule is O=C(/C=C/c1ccccc1)c1c(F)cccc1C#Cc1ccccc1. The Morgan fingerprint density at radius 2 is 1.48 bits per heavy atom. The van der Waals surface area contributed by atoms with E-state index in [0.717, 1.165) is 11.1 Å². The fraction of sp³-hybridized carbons (Fsp3) is 0.